The monoisotopic (exact) mass is 336 g/mol. The minimum atomic E-state index is -0.103. The van der Waals surface area contributed by atoms with Crippen molar-refractivity contribution < 1.29 is 9.59 Å². The van der Waals surface area contributed by atoms with E-state index in [0.29, 0.717) is 12.5 Å². The number of amides is 2. The first-order valence-electron chi connectivity index (χ1n) is 8.70. The molecule has 4 nitrogen and oxygen atoms in total. The number of aryl methyl sites for hydroxylation is 3. The normalized spacial score (nSPS) is 13.4. The zero-order valence-corrected chi connectivity index (χ0v) is 15.0. The maximum absolute atomic E-state index is 12.6. The predicted octanol–water partition coefficient (Wildman–Crippen LogP) is 3.69. The predicted molar refractivity (Wildman–Crippen MR) is 99.9 cm³/mol. The number of benzene rings is 2. The van der Waals surface area contributed by atoms with Crippen LogP contribution in [0.25, 0.3) is 0 Å². The first-order valence-corrected chi connectivity index (χ1v) is 8.70. The summed E-state index contributed by atoms with van der Waals surface area (Å²) < 4.78 is 0. The molecule has 2 amide bonds. The van der Waals surface area contributed by atoms with E-state index < -0.39 is 0 Å². The van der Waals surface area contributed by atoms with Gasteiger partial charge in [0.1, 0.15) is 0 Å². The summed E-state index contributed by atoms with van der Waals surface area (Å²) in [5.41, 5.74) is 5.50. The number of nitrogens with one attached hydrogen (secondary N) is 2. The molecule has 0 atom stereocenters. The molecule has 0 saturated heterocycles. The number of rotatable bonds is 5. The molecular formula is C21H24N2O2. The van der Waals surface area contributed by atoms with E-state index in [1.807, 2.05) is 57.2 Å². The molecule has 3 rings (SSSR count). The fourth-order valence-electron chi connectivity index (χ4n) is 3.13. The fraction of sp³-hybridized carbons (Fsp3) is 0.333. The Bertz CT molecular complexity index is 782. The van der Waals surface area contributed by atoms with Crippen molar-refractivity contribution in [3.8, 4) is 0 Å². The summed E-state index contributed by atoms with van der Waals surface area (Å²) in [7, 11) is 0. The second kappa shape index (κ2) is 7.09. The van der Waals surface area contributed by atoms with Gasteiger partial charge in [-0.05, 0) is 62.4 Å². The third-order valence-electron chi connectivity index (χ3n) is 4.42. The lowest BCUT2D eigenvalue weighted by atomic mass is 9.99. The standard InChI is InChI=1S/C21H24N2O2/c1-13-10-14(2)20(15(3)11-13)21(25)23-18-6-4-16(5-7-18)12-19(24)22-17-8-9-17/h4-7,10-11,17H,8-9,12H2,1-3H3,(H,22,24)(H,23,25). The highest BCUT2D eigenvalue weighted by Gasteiger charge is 2.23. The van der Waals surface area contributed by atoms with E-state index in [2.05, 4.69) is 10.6 Å². The Labute approximate surface area is 148 Å². The highest BCUT2D eigenvalue weighted by molar-refractivity contribution is 6.06. The van der Waals surface area contributed by atoms with E-state index in [9.17, 15) is 9.59 Å². The number of anilines is 1. The van der Waals surface area contributed by atoms with Gasteiger partial charge in [-0.3, -0.25) is 9.59 Å². The SMILES string of the molecule is Cc1cc(C)c(C(=O)Nc2ccc(CC(=O)NC3CC3)cc2)c(C)c1. The lowest BCUT2D eigenvalue weighted by Crippen LogP contribution is -2.26. The zero-order valence-electron chi connectivity index (χ0n) is 15.0. The van der Waals surface area contributed by atoms with E-state index in [4.69, 9.17) is 0 Å². The van der Waals surface area contributed by atoms with Crippen LogP contribution in [-0.2, 0) is 11.2 Å². The van der Waals surface area contributed by atoms with Crippen LogP contribution < -0.4 is 10.6 Å². The van der Waals surface area contributed by atoms with Gasteiger partial charge in [0.2, 0.25) is 5.91 Å². The second-order valence-corrected chi connectivity index (χ2v) is 6.94. The molecule has 25 heavy (non-hydrogen) atoms. The number of carbonyl (C=O) groups excluding carboxylic acids is 2. The Morgan fingerprint density at radius 3 is 2.16 bits per heavy atom. The molecule has 0 spiro atoms. The fourth-order valence-corrected chi connectivity index (χ4v) is 3.13. The molecule has 0 radical (unpaired) electrons. The zero-order chi connectivity index (χ0) is 18.0. The maximum atomic E-state index is 12.6. The Hall–Kier alpha value is -2.62. The Balaban J connectivity index is 1.64. The van der Waals surface area contributed by atoms with Gasteiger partial charge in [-0.15, -0.1) is 0 Å². The molecule has 0 aromatic heterocycles. The van der Waals surface area contributed by atoms with E-state index in [-0.39, 0.29) is 11.8 Å². The lowest BCUT2D eigenvalue weighted by molar-refractivity contribution is -0.120. The summed E-state index contributed by atoms with van der Waals surface area (Å²) in [6, 6.07) is 11.9. The Morgan fingerprint density at radius 1 is 1.00 bits per heavy atom. The van der Waals surface area contributed by atoms with Gasteiger partial charge in [0.15, 0.2) is 0 Å². The molecule has 1 saturated carbocycles. The van der Waals surface area contributed by atoms with Crippen molar-refractivity contribution in [2.24, 2.45) is 0 Å². The summed E-state index contributed by atoms with van der Waals surface area (Å²) >= 11 is 0. The van der Waals surface area contributed by atoms with Crippen molar-refractivity contribution in [3.63, 3.8) is 0 Å². The maximum Gasteiger partial charge on any atom is 0.256 e. The third-order valence-corrected chi connectivity index (χ3v) is 4.42. The van der Waals surface area contributed by atoms with Crippen LogP contribution >= 0.6 is 0 Å². The minimum Gasteiger partial charge on any atom is -0.353 e. The van der Waals surface area contributed by atoms with Crippen molar-refractivity contribution in [2.45, 2.75) is 46.1 Å². The van der Waals surface area contributed by atoms with Gasteiger partial charge in [-0.25, -0.2) is 0 Å². The van der Waals surface area contributed by atoms with Crippen LogP contribution in [0.2, 0.25) is 0 Å². The largest absolute Gasteiger partial charge is 0.353 e. The van der Waals surface area contributed by atoms with Gasteiger partial charge in [0, 0.05) is 17.3 Å². The second-order valence-electron chi connectivity index (χ2n) is 6.94. The molecule has 0 aliphatic heterocycles. The third kappa shape index (κ3) is 4.47. The van der Waals surface area contributed by atoms with E-state index in [0.717, 1.165) is 46.3 Å². The summed E-state index contributed by atoms with van der Waals surface area (Å²) in [5.74, 6) is -0.0422. The van der Waals surface area contributed by atoms with Crippen LogP contribution in [0.15, 0.2) is 36.4 Å². The van der Waals surface area contributed by atoms with Crippen molar-refractivity contribution in [2.75, 3.05) is 5.32 Å². The van der Waals surface area contributed by atoms with Gasteiger partial charge < -0.3 is 10.6 Å². The molecule has 0 heterocycles. The van der Waals surface area contributed by atoms with Crippen molar-refractivity contribution in [3.05, 3.63) is 64.2 Å². The number of hydrogen-bond acceptors (Lipinski definition) is 2. The van der Waals surface area contributed by atoms with Crippen LogP contribution in [0, 0.1) is 20.8 Å². The molecule has 130 valence electrons. The van der Waals surface area contributed by atoms with Crippen molar-refractivity contribution in [1.82, 2.24) is 5.32 Å². The smallest absolute Gasteiger partial charge is 0.256 e. The summed E-state index contributed by atoms with van der Waals surface area (Å²) in [6.07, 6.45) is 2.56. The highest BCUT2D eigenvalue weighted by atomic mass is 16.2. The first-order chi connectivity index (χ1) is 11.9. The minimum absolute atomic E-state index is 0.0604. The Morgan fingerprint density at radius 2 is 1.60 bits per heavy atom. The molecule has 1 aliphatic carbocycles. The number of hydrogen-bond donors (Lipinski definition) is 2. The van der Waals surface area contributed by atoms with Gasteiger partial charge in [0.05, 0.1) is 6.42 Å². The van der Waals surface area contributed by atoms with Gasteiger partial charge in [-0.2, -0.15) is 0 Å². The molecule has 2 N–H and O–H groups in total. The lowest BCUT2D eigenvalue weighted by Gasteiger charge is -2.12. The Kier molecular flexibility index (Phi) is 4.88. The van der Waals surface area contributed by atoms with E-state index in [1.165, 1.54) is 0 Å². The van der Waals surface area contributed by atoms with Crippen LogP contribution in [0.1, 0.15) is 45.5 Å². The molecule has 4 heteroatoms. The molecular weight excluding hydrogens is 312 g/mol. The van der Waals surface area contributed by atoms with Crippen LogP contribution in [0.5, 0.6) is 0 Å². The molecule has 2 aromatic rings. The quantitative estimate of drug-likeness (QED) is 0.875. The summed E-state index contributed by atoms with van der Waals surface area (Å²) in [6.45, 7) is 5.94. The van der Waals surface area contributed by atoms with Crippen LogP contribution in [-0.4, -0.2) is 17.9 Å². The molecule has 1 aliphatic rings. The molecule has 1 fully saturated rings. The van der Waals surface area contributed by atoms with Gasteiger partial charge in [0.25, 0.3) is 5.91 Å². The van der Waals surface area contributed by atoms with Crippen molar-refractivity contribution >= 4 is 17.5 Å². The van der Waals surface area contributed by atoms with E-state index in [1.54, 1.807) is 0 Å². The summed E-state index contributed by atoms with van der Waals surface area (Å²) in [4.78, 5) is 24.4. The first kappa shape index (κ1) is 17.2. The van der Waals surface area contributed by atoms with Gasteiger partial charge in [-0.1, -0.05) is 29.8 Å². The average molecular weight is 336 g/mol. The molecule has 2 aromatic carbocycles. The summed E-state index contributed by atoms with van der Waals surface area (Å²) in [5, 5.41) is 5.92. The van der Waals surface area contributed by atoms with E-state index >= 15 is 0 Å². The molecule has 0 unspecified atom stereocenters. The van der Waals surface area contributed by atoms with Crippen molar-refractivity contribution in [1.29, 1.82) is 0 Å². The highest BCUT2D eigenvalue weighted by Crippen LogP contribution is 2.20. The van der Waals surface area contributed by atoms with Gasteiger partial charge >= 0.3 is 0 Å². The average Bonchev–Trinajstić information content (AvgIpc) is 3.32. The molecule has 0 bridgehead atoms. The van der Waals surface area contributed by atoms with Crippen LogP contribution in [0.4, 0.5) is 5.69 Å². The van der Waals surface area contributed by atoms with Crippen LogP contribution in [0.3, 0.4) is 0 Å². The number of carbonyl (C=O) groups is 2. The topological polar surface area (TPSA) is 58.2 Å².